The molecule has 4 aliphatic rings. The molecule has 2 saturated heterocycles. The minimum absolute atomic E-state index is 0.0144. The Kier molecular flexibility index (Phi) is 10.3. The average molecular weight is 714 g/mol. The molecule has 4 amide bonds. The van der Waals surface area contributed by atoms with Crippen molar-refractivity contribution in [1.82, 2.24) is 25.2 Å². The molecule has 2 saturated carbocycles. The van der Waals surface area contributed by atoms with E-state index in [0.717, 1.165) is 36.5 Å². The second-order valence-electron chi connectivity index (χ2n) is 14.9. The van der Waals surface area contributed by atoms with Gasteiger partial charge in [0.05, 0.1) is 12.6 Å². The van der Waals surface area contributed by atoms with Crippen LogP contribution in [0.1, 0.15) is 91.4 Å². The molecule has 2 aliphatic carbocycles. The lowest BCUT2D eigenvalue weighted by Crippen LogP contribution is -2.58. The van der Waals surface area contributed by atoms with Gasteiger partial charge in [0.25, 0.3) is 5.91 Å². The molecule has 0 unspecified atom stereocenters. The van der Waals surface area contributed by atoms with E-state index >= 15 is 0 Å². The third-order valence-corrected chi connectivity index (χ3v) is 10.6. The number of aromatic nitrogens is 1. The zero-order valence-electron chi connectivity index (χ0n) is 28.8. The van der Waals surface area contributed by atoms with Gasteiger partial charge in [0.15, 0.2) is 0 Å². The highest BCUT2D eigenvalue weighted by atomic mass is 32.2. The minimum Gasteiger partial charge on any atom is -0.472 e. The van der Waals surface area contributed by atoms with Crippen LogP contribution in [0.5, 0.6) is 5.88 Å². The van der Waals surface area contributed by atoms with Crippen LogP contribution in [0.25, 0.3) is 10.8 Å². The number of pyridine rings is 1. The lowest BCUT2D eigenvalue weighted by Gasteiger charge is -2.30. The molecule has 14 nitrogen and oxygen atoms in total. The molecule has 3 heterocycles. The Morgan fingerprint density at radius 1 is 0.980 bits per heavy atom. The van der Waals surface area contributed by atoms with Gasteiger partial charge in [-0.25, -0.2) is 14.5 Å². The molecule has 3 N–H and O–H groups in total. The van der Waals surface area contributed by atoms with Gasteiger partial charge in [0.1, 0.15) is 29.3 Å². The standard InChI is InChI=1S/C35H47N5O9S/c1-34(2,3)48-33(44)37-27-14-8-6-4-5-7-12-23-20-35(23,32(43)39-50(45,46)49-24-15-16-24)38-29(41)28-19-25(21-40(28)31(27)42)47-30-26-13-10-9-11-22(26)17-18-36-30/h9-11,13,17-18,23-25,27-28H,4-8,12,14-16,19-21H2,1-3H3,(H,37,44)(H,38,41)(H,39,43)/t23-,25+,27-,28-,35+/m0/s1. The number of carbonyl (C=O) groups is 4. The topological polar surface area (TPSA) is 182 Å². The van der Waals surface area contributed by atoms with Crippen molar-refractivity contribution in [2.75, 3.05) is 6.54 Å². The molecule has 5 atom stereocenters. The van der Waals surface area contributed by atoms with Crippen molar-refractivity contribution < 1.29 is 41.3 Å². The van der Waals surface area contributed by atoms with Gasteiger partial charge in [0.2, 0.25) is 17.7 Å². The number of benzene rings is 1. The Morgan fingerprint density at radius 3 is 2.44 bits per heavy atom. The zero-order valence-corrected chi connectivity index (χ0v) is 29.6. The highest BCUT2D eigenvalue weighted by Crippen LogP contribution is 2.48. The molecular weight excluding hydrogens is 666 g/mol. The van der Waals surface area contributed by atoms with E-state index in [1.165, 1.54) is 4.90 Å². The molecular formula is C35H47N5O9S. The summed E-state index contributed by atoms with van der Waals surface area (Å²) in [7, 11) is -4.38. The highest BCUT2D eigenvalue weighted by Gasteiger charge is 2.62. The van der Waals surface area contributed by atoms with Crippen LogP contribution >= 0.6 is 0 Å². The van der Waals surface area contributed by atoms with Gasteiger partial charge in [-0.15, -0.1) is 0 Å². The normalized spacial score (nSPS) is 27.9. The first-order valence-electron chi connectivity index (χ1n) is 17.6. The van der Waals surface area contributed by atoms with Crippen molar-refractivity contribution in [1.29, 1.82) is 0 Å². The van der Waals surface area contributed by atoms with Gasteiger partial charge in [-0.2, -0.15) is 8.42 Å². The number of hydrogen-bond acceptors (Lipinski definition) is 10. The number of hydrogen-bond donors (Lipinski definition) is 3. The molecule has 0 bridgehead atoms. The summed E-state index contributed by atoms with van der Waals surface area (Å²) in [5.74, 6) is -1.87. The van der Waals surface area contributed by atoms with Crippen molar-refractivity contribution in [2.45, 2.75) is 127 Å². The van der Waals surface area contributed by atoms with Crippen LogP contribution in [0.4, 0.5) is 4.79 Å². The summed E-state index contributed by atoms with van der Waals surface area (Å²) in [4.78, 5) is 61.0. The van der Waals surface area contributed by atoms with E-state index in [2.05, 4.69) is 15.6 Å². The van der Waals surface area contributed by atoms with Gasteiger partial charge >= 0.3 is 16.4 Å². The Morgan fingerprint density at radius 2 is 1.70 bits per heavy atom. The van der Waals surface area contributed by atoms with Crippen LogP contribution < -0.4 is 20.1 Å². The monoisotopic (exact) mass is 713 g/mol. The maximum absolute atomic E-state index is 14.4. The van der Waals surface area contributed by atoms with Crippen LogP contribution in [0.15, 0.2) is 36.5 Å². The molecule has 4 fully saturated rings. The predicted octanol–water partition coefficient (Wildman–Crippen LogP) is 3.64. The SMILES string of the molecule is CC(C)(C)OC(=O)N[C@H]1CCCCCCC[C@H]2C[C@@]2(C(=O)NS(=O)(=O)OC2CC2)NC(=O)[C@@H]2C[C@@H](Oc3nccc4ccccc34)CN2C1=O. The predicted molar refractivity (Wildman–Crippen MR) is 182 cm³/mol. The van der Waals surface area contributed by atoms with Crippen LogP contribution in [0, 0.1) is 5.92 Å². The van der Waals surface area contributed by atoms with Gasteiger partial charge in [-0.05, 0) is 76.3 Å². The number of nitrogens with zero attached hydrogens (tertiary/aromatic N) is 2. The molecule has 2 aliphatic heterocycles. The fourth-order valence-corrected chi connectivity index (χ4v) is 7.94. The van der Waals surface area contributed by atoms with E-state index in [9.17, 15) is 27.6 Å². The maximum atomic E-state index is 14.4. The molecule has 1 aromatic heterocycles. The van der Waals surface area contributed by atoms with E-state index < -0.39 is 69.6 Å². The Balaban J connectivity index is 1.28. The maximum Gasteiger partial charge on any atom is 0.408 e. The quantitative estimate of drug-likeness (QED) is 0.383. The summed E-state index contributed by atoms with van der Waals surface area (Å²) < 4.78 is 44.2. The lowest BCUT2D eigenvalue weighted by molar-refractivity contribution is -0.141. The smallest absolute Gasteiger partial charge is 0.408 e. The third-order valence-electron chi connectivity index (χ3n) is 9.66. The van der Waals surface area contributed by atoms with Crippen molar-refractivity contribution in [2.24, 2.45) is 5.92 Å². The van der Waals surface area contributed by atoms with Gasteiger partial charge < -0.3 is 25.0 Å². The molecule has 272 valence electrons. The number of rotatable bonds is 7. The number of fused-ring (bicyclic) bond motifs is 3. The second kappa shape index (κ2) is 14.3. The first kappa shape index (κ1) is 35.8. The summed E-state index contributed by atoms with van der Waals surface area (Å²) in [5, 5.41) is 7.29. The molecule has 50 heavy (non-hydrogen) atoms. The third kappa shape index (κ3) is 8.66. The van der Waals surface area contributed by atoms with Crippen LogP contribution in [0.3, 0.4) is 0 Å². The summed E-state index contributed by atoms with van der Waals surface area (Å²) in [6.45, 7) is 5.21. The first-order chi connectivity index (χ1) is 23.7. The average Bonchev–Trinajstić information content (AvgIpc) is 3.94. The number of ether oxygens (including phenoxy) is 2. The van der Waals surface area contributed by atoms with E-state index in [1.54, 1.807) is 27.0 Å². The van der Waals surface area contributed by atoms with Crippen LogP contribution in [-0.4, -0.2) is 84.1 Å². The molecule has 6 rings (SSSR count). The molecule has 2 aromatic rings. The van der Waals surface area contributed by atoms with Gasteiger partial charge in [0, 0.05) is 18.0 Å². The number of nitrogens with one attached hydrogen (secondary N) is 3. The fraction of sp³-hybridized carbons (Fsp3) is 0.629. The van der Waals surface area contributed by atoms with E-state index in [0.29, 0.717) is 38.0 Å². The summed E-state index contributed by atoms with van der Waals surface area (Å²) >= 11 is 0. The number of amides is 4. The summed E-state index contributed by atoms with van der Waals surface area (Å²) in [6.07, 6.45) is 6.23. The first-order valence-corrected chi connectivity index (χ1v) is 19.0. The second-order valence-corrected chi connectivity index (χ2v) is 16.2. The van der Waals surface area contributed by atoms with Crippen molar-refractivity contribution in [3.8, 4) is 5.88 Å². The van der Waals surface area contributed by atoms with Crippen LogP contribution in [0.2, 0.25) is 0 Å². The zero-order chi connectivity index (χ0) is 35.7. The van der Waals surface area contributed by atoms with Crippen molar-refractivity contribution in [3.63, 3.8) is 0 Å². The largest absolute Gasteiger partial charge is 0.472 e. The van der Waals surface area contributed by atoms with Crippen molar-refractivity contribution >= 4 is 44.9 Å². The van der Waals surface area contributed by atoms with E-state index in [-0.39, 0.29) is 25.3 Å². The lowest BCUT2D eigenvalue weighted by atomic mass is 10.0. The van der Waals surface area contributed by atoms with E-state index in [1.807, 2.05) is 35.1 Å². The number of carbonyl (C=O) groups excluding carboxylic acids is 4. The van der Waals surface area contributed by atoms with Gasteiger partial charge in [-0.1, -0.05) is 50.3 Å². The summed E-state index contributed by atoms with van der Waals surface area (Å²) in [6, 6.07) is 7.37. The minimum atomic E-state index is -4.38. The molecule has 0 radical (unpaired) electrons. The Bertz CT molecular complexity index is 1720. The Hall–Kier alpha value is -3.98. The summed E-state index contributed by atoms with van der Waals surface area (Å²) in [5.41, 5.74) is -2.27. The molecule has 0 spiro atoms. The van der Waals surface area contributed by atoms with E-state index in [4.69, 9.17) is 13.7 Å². The fourth-order valence-electron chi connectivity index (χ4n) is 6.94. The molecule has 15 heteroatoms. The Labute approximate surface area is 292 Å². The number of alkyl carbamates (subject to hydrolysis) is 1. The van der Waals surface area contributed by atoms with Crippen LogP contribution in [-0.2, 0) is 33.6 Å². The molecule has 1 aromatic carbocycles. The van der Waals surface area contributed by atoms with Crippen molar-refractivity contribution in [3.05, 3.63) is 36.5 Å². The highest BCUT2D eigenvalue weighted by molar-refractivity contribution is 7.85. The van der Waals surface area contributed by atoms with Gasteiger partial charge in [-0.3, -0.25) is 18.6 Å².